The number of hydrogen-bond acceptors (Lipinski definition) is 6. The van der Waals surface area contributed by atoms with Gasteiger partial charge in [-0.25, -0.2) is 4.98 Å². The second kappa shape index (κ2) is 13.3. The number of likely N-dealkylation sites (tertiary alicyclic amines) is 1. The van der Waals surface area contributed by atoms with Gasteiger partial charge < -0.3 is 26.3 Å². The molecule has 1 aliphatic heterocycles. The summed E-state index contributed by atoms with van der Waals surface area (Å²) in [6.45, 7) is 5.32. The molecular formula is C31H35ClN6O2. The van der Waals surface area contributed by atoms with E-state index in [0.717, 1.165) is 24.1 Å². The van der Waals surface area contributed by atoms with Gasteiger partial charge in [-0.15, -0.1) is 0 Å². The molecule has 2 amide bonds. The molecule has 1 aromatic heterocycles. The number of anilines is 2. The minimum atomic E-state index is -0.350. The monoisotopic (exact) mass is 558 g/mol. The van der Waals surface area contributed by atoms with Crippen LogP contribution in [0, 0.1) is 5.41 Å². The van der Waals surface area contributed by atoms with Gasteiger partial charge in [-0.2, -0.15) is 0 Å². The Labute approximate surface area is 240 Å². The normalized spacial score (nSPS) is 14.1. The second-order valence-electron chi connectivity index (χ2n) is 10.1. The van der Waals surface area contributed by atoms with Crippen LogP contribution in [-0.4, -0.2) is 54.1 Å². The van der Waals surface area contributed by atoms with Crippen molar-refractivity contribution in [2.75, 3.05) is 30.8 Å². The van der Waals surface area contributed by atoms with Crippen molar-refractivity contribution in [1.82, 2.24) is 15.2 Å². The van der Waals surface area contributed by atoms with E-state index in [4.69, 9.17) is 17.0 Å². The Hall–Kier alpha value is -4.17. The number of allylic oxidation sites excluding steroid dienone is 1. The third kappa shape index (κ3) is 7.07. The summed E-state index contributed by atoms with van der Waals surface area (Å²) in [6.07, 6.45) is 6.24. The van der Waals surface area contributed by atoms with Crippen molar-refractivity contribution in [3.63, 3.8) is 0 Å². The third-order valence-electron chi connectivity index (χ3n) is 6.92. The van der Waals surface area contributed by atoms with Gasteiger partial charge in [0.2, 0.25) is 0 Å². The zero-order valence-corrected chi connectivity index (χ0v) is 23.8. The summed E-state index contributed by atoms with van der Waals surface area (Å²) in [5, 5.41) is 16.8. The molecule has 4 rings (SSSR count). The van der Waals surface area contributed by atoms with E-state index in [1.807, 2.05) is 25.8 Å². The minimum Gasteiger partial charge on any atom is -0.388 e. The van der Waals surface area contributed by atoms with E-state index in [2.05, 4.69) is 45.2 Å². The minimum absolute atomic E-state index is 0.0813. The van der Waals surface area contributed by atoms with Crippen molar-refractivity contribution < 1.29 is 9.59 Å². The number of halogens is 1. The lowest BCUT2D eigenvalue weighted by molar-refractivity contribution is 0.0712. The highest BCUT2D eigenvalue weighted by molar-refractivity contribution is 6.34. The highest BCUT2D eigenvalue weighted by Gasteiger charge is 2.25. The number of carbonyl (C=O) groups is 2. The molecule has 4 N–H and O–H groups in total. The highest BCUT2D eigenvalue weighted by Crippen LogP contribution is 2.30. The fourth-order valence-electron chi connectivity index (χ4n) is 4.80. The van der Waals surface area contributed by atoms with Crippen molar-refractivity contribution >= 4 is 46.8 Å². The Kier molecular flexibility index (Phi) is 9.56. The topological polar surface area (TPSA) is 110 Å². The molecule has 2 heterocycles. The summed E-state index contributed by atoms with van der Waals surface area (Å²) < 4.78 is 0. The first-order chi connectivity index (χ1) is 19.3. The quantitative estimate of drug-likeness (QED) is 0.239. The lowest BCUT2D eigenvalue weighted by Crippen LogP contribution is -2.38. The van der Waals surface area contributed by atoms with Gasteiger partial charge in [0, 0.05) is 49.9 Å². The molecular weight excluding hydrogens is 524 g/mol. The second-order valence-corrected chi connectivity index (χ2v) is 10.5. The highest BCUT2D eigenvalue weighted by atomic mass is 35.5. The van der Waals surface area contributed by atoms with Gasteiger partial charge in [0.1, 0.15) is 5.82 Å². The summed E-state index contributed by atoms with van der Waals surface area (Å²) in [5.41, 5.74) is 4.44. The lowest BCUT2D eigenvalue weighted by atomic mass is 9.88. The van der Waals surface area contributed by atoms with Crippen LogP contribution in [0.5, 0.6) is 0 Å². The van der Waals surface area contributed by atoms with Crippen LogP contribution >= 0.6 is 11.6 Å². The van der Waals surface area contributed by atoms with Crippen molar-refractivity contribution in [3.05, 3.63) is 94.1 Å². The Morgan fingerprint density at radius 3 is 2.30 bits per heavy atom. The predicted molar refractivity (Wildman–Crippen MR) is 163 cm³/mol. The van der Waals surface area contributed by atoms with Gasteiger partial charge in [-0.05, 0) is 80.1 Å². The van der Waals surface area contributed by atoms with Crippen molar-refractivity contribution in [2.45, 2.75) is 38.6 Å². The molecule has 0 saturated carbocycles. The van der Waals surface area contributed by atoms with E-state index in [9.17, 15) is 9.59 Å². The van der Waals surface area contributed by atoms with Crippen LogP contribution < -0.4 is 16.0 Å². The molecule has 0 unspecified atom stereocenters. The Bertz CT molecular complexity index is 1380. The molecule has 3 aromatic rings. The molecule has 1 fully saturated rings. The van der Waals surface area contributed by atoms with Gasteiger partial charge >= 0.3 is 0 Å². The summed E-state index contributed by atoms with van der Waals surface area (Å²) in [4.78, 5) is 32.3. The summed E-state index contributed by atoms with van der Waals surface area (Å²) >= 11 is 6.36. The number of rotatable bonds is 9. The summed E-state index contributed by atoms with van der Waals surface area (Å²) in [5.74, 6) is 0.634. The first-order valence-electron chi connectivity index (χ1n) is 13.4. The fraction of sp³-hybridized carbons (Fsp3) is 0.290. The van der Waals surface area contributed by atoms with Gasteiger partial charge in [0.25, 0.3) is 11.8 Å². The lowest BCUT2D eigenvalue weighted by Gasteiger charge is -2.32. The predicted octanol–water partition coefficient (Wildman–Crippen LogP) is 6.04. The maximum Gasteiger partial charge on any atom is 0.257 e. The largest absolute Gasteiger partial charge is 0.388 e. The van der Waals surface area contributed by atoms with Gasteiger partial charge in [0.05, 0.1) is 16.3 Å². The van der Waals surface area contributed by atoms with Crippen LogP contribution in [0.4, 0.5) is 11.5 Å². The number of pyridine rings is 1. The third-order valence-corrected chi connectivity index (χ3v) is 7.25. The molecule has 2 aromatic carbocycles. The average Bonchev–Trinajstić information content (AvgIpc) is 2.97. The van der Waals surface area contributed by atoms with E-state index < -0.39 is 0 Å². The first-order valence-corrected chi connectivity index (χ1v) is 13.8. The van der Waals surface area contributed by atoms with Crippen molar-refractivity contribution in [1.29, 1.82) is 5.41 Å². The average molecular weight is 559 g/mol. The van der Waals surface area contributed by atoms with Gasteiger partial charge in [-0.3, -0.25) is 9.59 Å². The van der Waals surface area contributed by atoms with E-state index in [1.54, 1.807) is 36.4 Å². The standard InChI is InChI=1S/C31H35ClN6O2/c1-20(2)36-29-11-9-25(19-35-29)30(39)37-28-18-24(8-10-26(28)32)31(40)38-16-13-22(14-17-38)21-4-6-23(7-5-21)27(34-3)12-15-33/h4-12,15,18-20,22,33-34H,13-14,16-17H2,1-3H3,(H,35,36)(H,37,39)/b27-12-,33-15?. The van der Waals surface area contributed by atoms with E-state index >= 15 is 0 Å². The molecule has 0 aliphatic carbocycles. The number of hydrogen-bond donors (Lipinski definition) is 4. The molecule has 1 saturated heterocycles. The molecule has 0 bridgehead atoms. The van der Waals surface area contributed by atoms with Crippen LogP contribution in [-0.2, 0) is 0 Å². The molecule has 0 radical (unpaired) electrons. The smallest absolute Gasteiger partial charge is 0.257 e. The molecule has 0 atom stereocenters. The molecule has 1 aliphatic rings. The number of aromatic nitrogens is 1. The number of benzene rings is 2. The Morgan fingerprint density at radius 2 is 1.70 bits per heavy atom. The number of piperidine rings is 1. The number of nitrogens with zero attached hydrogens (tertiary/aromatic N) is 2. The molecule has 9 heteroatoms. The summed E-state index contributed by atoms with van der Waals surface area (Å²) in [6, 6.07) is 17.0. The van der Waals surface area contributed by atoms with Gasteiger partial charge in [0.15, 0.2) is 0 Å². The zero-order valence-electron chi connectivity index (χ0n) is 23.0. The molecule has 8 nitrogen and oxygen atoms in total. The van der Waals surface area contributed by atoms with Crippen LogP contribution in [0.15, 0.2) is 66.9 Å². The van der Waals surface area contributed by atoms with E-state index in [0.29, 0.717) is 46.7 Å². The molecule has 40 heavy (non-hydrogen) atoms. The number of nitrogens with one attached hydrogen (secondary N) is 4. The molecule has 0 spiro atoms. The molecule has 208 valence electrons. The number of amides is 2. The van der Waals surface area contributed by atoms with E-state index in [-0.39, 0.29) is 17.9 Å². The number of carbonyl (C=O) groups excluding carboxylic acids is 2. The van der Waals surface area contributed by atoms with Gasteiger partial charge in [-0.1, -0.05) is 35.9 Å². The fourth-order valence-corrected chi connectivity index (χ4v) is 4.96. The van der Waals surface area contributed by atoms with Crippen LogP contribution in [0.25, 0.3) is 5.70 Å². The maximum absolute atomic E-state index is 13.3. The van der Waals surface area contributed by atoms with Crippen LogP contribution in [0.3, 0.4) is 0 Å². The zero-order chi connectivity index (χ0) is 28.6. The SMILES string of the molecule is CN/C(=C\C=N)c1ccc(C2CCN(C(=O)c3ccc(Cl)c(NC(=O)c4ccc(NC(C)C)nc4)c3)CC2)cc1. The van der Waals surface area contributed by atoms with Crippen LogP contribution in [0.2, 0.25) is 5.02 Å². The van der Waals surface area contributed by atoms with E-state index in [1.165, 1.54) is 18.0 Å². The van der Waals surface area contributed by atoms with Crippen molar-refractivity contribution in [2.24, 2.45) is 0 Å². The van der Waals surface area contributed by atoms with Crippen LogP contribution in [0.1, 0.15) is 64.4 Å². The Balaban J connectivity index is 1.37. The maximum atomic E-state index is 13.3. The first kappa shape index (κ1) is 28.8. The Morgan fingerprint density at radius 1 is 1.02 bits per heavy atom. The van der Waals surface area contributed by atoms with Crippen molar-refractivity contribution in [3.8, 4) is 0 Å². The summed E-state index contributed by atoms with van der Waals surface area (Å²) in [7, 11) is 1.84.